The van der Waals surface area contributed by atoms with Gasteiger partial charge in [0, 0.05) is 18.8 Å². The molecule has 92 valence electrons. The monoisotopic (exact) mass is 231 g/mol. The molecule has 17 heavy (non-hydrogen) atoms. The Bertz CT molecular complexity index is 396. The third-order valence-corrected chi connectivity index (χ3v) is 4.28. The smallest absolute Gasteiger partial charge is 0.0682 e. The number of aliphatic hydroxyl groups is 1. The van der Waals surface area contributed by atoms with Gasteiger partial charge in [-0.1, -0.05) is 25.0 Å². The van der Waals surface area contributed by atoms with E-state index in [9.17, 15) is 5.11 Å². The molecule has 0 spiro atoms. The van der Waals surface area contributed by atoms with Crippen LogP contribution in [0.25, 0.3) is 0 Å². The highest BCUT2D eigenvalue weighted by molar-refractivity contribution is 5.59. The number of fused-ring (bicyclic) bond motifs is 1. The normalized spacial score (nSPS) is 19.9. The minimum atomic E-state index is 0.157. The van der Waals surface area contributed by atoms with Crippen LogP contribution >= 0.6 is 0 Å². The maximum atomic E-state index is 9.22. The fraction of sp³-hybridized carbons (Fsp3) is 0.600. The highest BCUT2D eigenvalue weighted by Gasteiger charge is 2.24. The zero-order chi connectivity index (χ0) is 11.7. The van der Waals surface area contributed by atoms with Gasteiger partial charge in [0.25, 0.3) is 0 Å². The molecule has 1 aliphatic heterocycles. The van der Waals surface area contributed by atoms with Crippen LogP contribution in [0.2, 0.25) is 0 Å². The lowest BCUT2D eigenvalue weighted by Crippen LogP contribution is -2.26. The molecule has 1 heterocycles. The first-order valence-corrected chi connectivity index (χ1v) is 6.84. The molecule has 0 aromatic heterocycles. The van der Waals surface area contributed by atoms with Crippen molar-refractivity contribution < 1.29 is 5.11 Å². The van der Waals surface area contributed by atoms with E-state index in [2.05, 4.69) is 23.1 Å². The Morgan fingerprint density at radius 2 is 2.06 bits per heavy atom. The molecule has 1 N–H and O–H groups in total. The number of rotatable bonds is 3. The molecule has 1 aromatic rings. The number of nitrogens with zero attached hydrogens (tertiary/aromatic N) is 1. The molecule has 0 amide bonds. The topological polar surface area (TPSA) is 23.5 Å². The van der Waals surface area contributed by atoms with Crippen LogP contribution in [0.3, 0.4) is 0 Å². The summed E-state index contributed by atoms with van der Waals surface area (Å²) in [6, 6.07) is 6.42. The Kier molecular flexibility index (Phi) is 3.06. The fourth-order valence-electron chi connectivity index (χ4n) is 3.28. The molecule has 2 heteroatoms. The first-order chi connectivity index (χ1) is 8.36. The van der Waals surface area contributed by atoms with E-state index in [1.54, 1.807) is 0 Å². The van der Waals surface area contributed by atoms with Crippen LogP contribution in [0.4, 0.5) is 5.69 Å². The Morgan fingerprint density at radius 1 is 1.24 bits per heavy atom. The second kappa shape index (κ2) is 4.69. The van der Waals surface area contributed by atoms with Crippen molar-refractivity contribution >= 4 is 5.69 Å². The highest BCUT2D eigenvalue weighted by Crippen LogP contribution is 2.33. The van der Waals surface area contributed by atoms with Gasteiger partial charge >= 0.3 is 0 Å². The van der Waals surface area contributed by atoms with Crippen LogP contribution < -0.4 is 4.90 Å². The number of benzene rings is 1. The minimum absolute atomic E-state index is 0.157. The summed E-state index contributed by atoms with van der Waals surface area (Å²) < 4.78 is 0. The number of anilines is 1. The van der Waals surface area contributed by atoms with Gasteiger partial charge in [-0.05, 0) is 42.4 Å². The van der Waals surface area contributed by atoms with E-state index in [1.807, 2.05) is 0 Å². The van der Waals surface area contributed by atoms with Crippen molar-refractivity contribution in [2.75, 3.05) is 18.0 Å². The van der Waals surface area contributed by atoms with Crippen molar-refractivity contribution in [3.8, 4) is 0 Å². The fourth-order valence-corrected chi connectivity index (χ4v) is 3.28. The molecular weight excluding hydrogens is 210 g/mol. The maximum Gasteiger partial charge on any atom is 0.0682 e. The van der Waals surface area contributed by atoms with Gasteiger partial charge in [-0.3, -0.25) is 0 Å². The zero-order valence-corrected chi connectivity index (χ0v) is 10.4. The van der Waals surface area contributed by atoms with Gasteiger partial charge in [0.2, 0.25) is 0 Å². The Balaban J connectivity index is 1.76. The quantitative estimate of drug-likeness (QED) is 0.864. The third-order valence-electron chi connectivity index (χ3n) is 4.28. The molecule has 0 atom stereocenters. The lowest BCUT2D eigenvalue weighted by molar-refractivity contribution is 0.282. The predicted molar refractivity (Wildman–Crippen MR) is 70.2 cm³/mol. The van der Waals surface area contributed by atoms with Crippen molar-refractivity contribution in [1.82, 2.24) is 0 Å². The van der Waals surface area contributed by atoms with Crippen molar-refractivity contribution in [2.45, 2.75) is 38.7 Å². The van der Waals surface area contributed by atoms with Crippen LogP contribution in [0, 0.1) is 5.92 Å². The van der Waals surface area contributed by atoms with Crippen molar-refractivity contribution in [1.29, 1.82) is 0 Å². The van der Waals surface area contributed by atoms with Crippen LogP contribution in [0.15, 0.2) is 18.2 Å². The van der Waals surface area contributed by atoms with E-state index in [1.165, 1.54) is 56.4 Å². The summed E-state index contributed by atoms with van der Waals surface area (Å²) in [4.78, 5) is 2.53. The molecular formula is C15H21NO. The lowest BCUT2D eigenvalue weighted by Gasteiger charge is -2.23. The average molecular weight is 231 g/mol. The summed E-state index contributed by atoms with van der Waals surface area (Å²) in [6.45, 7) is 2.55. The van der Waals surface area contributed by atoms with E-state index in [-0.39, 0.29) is 6.61 Å². The van der Waals surface area contributed by atoms with Gasteiger partial charge in [-0.25, -0.2) is 0 Å². The van der Waals surface area contributed by atoms with E-state index in [4.69, 9.17) is 0 Å². The average Bonchev–Trinajstić information content (AvgIpc) is 2.99. The molecule has 0 bridgehead atoms. The van der Waals surface area contributed by atoms with Gasteiger partial charge < -0.3 is 10.0 Å². The molecule has 1 aliphatic carbocycles. The van der Waals surface area contributed by atoms with Crippen LogP contribution in [0.5, 0.6) is 0 Å². The van der Waals surface area contributed by atoms with Crippen LogP contribution in [-0.2, 0) is 13.0 Å². The second-order valence-corrected chi connectivity index (χ2v) is 5.47. The maximum absolute atomic E-state index is 9.22. The first kappa shape index (κ1) is 11.1. The lowest BCUT2D eigenvalue weighted by atomic mass is 10.1. The molecule has 0 unspecified atom stereocenters. The SMILES string of the molecule is OCc1ccc2c(c1)N(CC1CCCC1)CC2. The van der Waals surface area contributed by atoms with Crippen LogP contribution in [-0.4, -0.2) is 18.2 Å². The van der Waals surface area contributed by atoms with Gasteiger partial charge in [0.05, 0.1) is 6.61 Å². The van der Waals surface area contributed by atoms with E-state index >= 15 is 0 Å². The standard InChI is InChI=1S/C15H21NO/c17-11-13-5-6-14-7-8-16(15(14)9-13)10-12-3-1-2-4-12/h5-6,9,12,17H,1-4,7-8,10-11H2. The van der Waals surface area contributed by atoms with Crippen molar-refractivity contribution in [2.24, 2.45) is 5.92 Å². The summed E-state index contributed by atoms with van der Waals surface area (Å²) in [5.74, 6) is 0.902. The van der Waals surface area contributed by atoms with E-state index in [0.29, 0.717) is 0 Å². The Labute approximate surface area is 103 Å². The van der Waals surface area contributed by atoms with Crippen molar-refractivity contribution in [3.63, 3.8) is 0 Å². The third kappa shape index (κ3) is 2.19. The van der Waals surface area contributed by atoms with Crippen LogP contribution in [0.1, 0.15) is 36.8 Å². The van der Waals surface area contributed by atoms with Gasteiger partial charge in [0.1, 0.15) is 0 Å². The molecule has 1 fully saturated rings. The molecule has 2 nitrogen and oxygen atoms in total. The van der Waals surface area contributed by atoms with Crippen molar-refractivity contribution in [3.05, 3.63) is 29.3 Å². The summed E-state index contributed by atoms with van der Waals surface area (Å²) in [5.41, 5.74) is 3.88. The number of hydrogen-bond acceptors (Lipinski definition) is 2. The highest BCUT2D eigenvalue weighted by atomic mass is 16.3. The van der Waals surface area contributed by atoms with Gasteiger partial charge in [-0.15, -0.1) is 0 Å². The summed E-state index contributed by atoms with van der Waals surface area (Å²) in [5, 5.41) is 9.22. The first-order valence-electron chi connectivity index (χ1n) is 6.84. The minimum Gasteiger partial charge on any atom is -0.392 e. The summed E-state index contributed by atoms with van der Waals surface area (Å²) in [6.07, 6.45) is 6.83. The van der Waals surface area contributed by atoms with E-state index < -0.39 is 0 Å². The molecule has 0 saturated heterocycles. The molecule has 2 aliphatic rings. The molecule has 1 saturated carbocycles. The second-order valence-electron chi connectivity index (χ2n) is 5.47. The van der Waals surface area contributed by atoms with Gasteiger partial charge in [0.15, 0.2) is 0 Å². The number of hydrogen-bond donors (Lipinski definition) is 1. The summed E-state index contributed by atoms with van der Waals surface area (Å²) in [7, 11) is 0. The van der Waals surface area contributed by atoms with E-state index in [0.717, 1.165) is 11.5 Å². The predicted octanol–water partition coefficient (Wildman–Crippen LogP) is 2.73. The number of aliphatic hydroxyl groups excluding tert-OH is 1. The Morgan fingerprint density at radius 3 is 2.82 bits per heavy atom. The summed E-state index contributed by atoms with van der Waals surface area (Å²) >= 11 is 0. The molecule has 1 aromatic carbocycles. The molecule has 0 radical (unpaired) electrons. The Hall–Kier alpha value is -1.02. The molecule has 3 rings (SSSR count). The zero-order valence-electron chi connectivity index (χ0n) is 10.4. The largest absolute Gasteiger partial charge is 0.392 e. The van der Waals surface area contributed by atoms with Gasteiger partial charge in [-0.2, -0.15) is 0 Å².